The third-order valence-electron chi connectivity index (χ3n) is 7.91. The molecule has 0 radical (unpaired) electrons. The van der Waals surface area contributed by atoms with Crippen molar-refractivity contribution in [3.8, 4) is 22.6 Å². The van der Waals surface area contributed by atoms with Gasteiger partial charge in [0.1, 0.15) is 11.5 Å². The van der Waals surface area contributed by atoms with Gasteiger partial charge in [0, 0.05) is 24.2 Å². The van der Waals surface area contributed by atoms with Crippen molar-refractivity contribution in [2.75, 3.05) is 0 Å². The molecule has 234 valence electrons. The van der Waals surface area contributed by atoms with Crippen molar-refractivity contribution in [2.24, 2.45) is 5.92 Å². The Labute approximate surface area is 313 Å². The van der Waals surface area contributed by atoms with Crippen LogP contribution in [0.5, 0.6) is 0 Å². The van der Waals surface area contributed by atoms with Crippen LogP contribution < -0.4 is 21.3 Å². The number of allylic oxidation sites excluding steroid dienone is 2. The smallest absolute Gasteiger partial charge is 0.362 e. The van der Waals surface area contributed by atoms with Crippen LogP contribution in [0.25, 0.3) is 46.3 Å². The molecule has 2 heterocycles. The molecule has 48 heavy (non-hydrogen) atoms. The molecule has 0 bridgehead atoms. The highest BCUT2D eigenvalue weighted by Gasteiger charge is 2.23. The fraction of sp³-hybridized carbons (Fsp3) is 0.0250. The second kappa shape index (κ2) is 14.0. The van der Waals surface area contributed by atoms with Crippen molar-refractivity contribution < 1.29 is 9.15 Å². The maximum atomic E-state index is 13.5. The minimum absolute atomic E-state index is 0.107. The summed E-state index contributed by atoms with van der Waals surface area (Å²) in [4.78, 5) is 27.1. The second-order valence-corrected chi connectivity index (χ2v) is 14.4. The quantitative estimate of drug-likeness (QED) is 0.124. The summed E-state index contributed by atoms with van der Waals surface area (Å²) in [5.74, 6) is 1.88. The van der Waals surface area contributed by atoms with Crippen LogP contribution in [0.3, 0.4) is 0 Å². The molecular formula is C40H23Cl2I2O4+. The first-order valence-electron chi connectivity index (χ1n) is 14.9. The van der Waals surface area contributed by atoms with Gasteiger partial charge >= 0.3 is 11.5 Å². The van der Waals surface area contributed by atoms with Gasteiger partial charge < -0.3 is 4.74 Å². The van der Waals surface area contributed by atoms with Gasteiger partial charge in [-0.2, -0.15) is 0 Å². The van der Waals surface area contributed by atoms with Crippen LogP contribution in [0.1, 0.15) is 16.7 Å². The predicted molar refractivity (Wildman–Crippen MR) is 211 cm³/mol. The number of hydrogen-bond donors (Lipinski definition) is 0. The van der Waals surface area contributed by atoms with Gasteiger partial charge in [-0.05, 0) is 130 Å². The monoisotopic (exact) mass is 891 g/mol. The molecule has 1 aliphatic heterocycles. The molecule has 7 rings (SSSR count). The topological polar surface area (TPSA) is 54.7 Å². The van der Waals surface area contributed by atoms with Gasteiger partial charge in [-0.1, -0.05) is 65.7 Å². The number of hydrogen-bond acceptors (Lipinski definition) is 3. The Hall–Kier alpha value is -3.83. The molecule has 5 aromatic carbocycles. The molecule has 0 saturated heterocycles. The van der Waals surface area contributed by atoms with Crippen molar-refractivity contribution in [1.82, 2.24) is 0 Å². The van der Waals surface area contributed by atoms with E-state index in [2.05, 4.69) is 45.2 Å². The van der Waals surface area contributed by atoms with Crippen LogP contribution in [0.15, 0.2) is 135 Å². The van der Waals surface area contributed by atoms with Crippen LogP contribution in [0, 0.1) is 13.1 Å². The zero-order valence-electron chi connectivity index (χ0n) is 24.9. The Morgan fingerprint density at radius 3 is 1.79 bits per heavy atom. The van der Waals surface area contributed by atoms with E-state index in [1.54, 1.807) is 30.4 Å². The molecule has 6 aromatic rings. The molecule has 1 atom stereocenters. The summed E-state index contributed by atoms with van der Waals surface area (Å²) in [7, 11) is 0. The van der Waals surface area contributed by atoms with E-state index in [0.29, 0.717) is 44.2 Å². The van der Waals surface area contributed by atoms with Crippen molar-refractivity contribution in [3.05, 3.63) is 186 Å². The molecular weight excluding hydrogens is 869 g/mol. The maximum absolute atomic E-state index is 13.5. The molecule has 0 aliphatic carbocycles. The van der Waals surface area contributed by atoms with Crippen molar-refractivity contribution in [3.63, 3.8) is 0 Å². The summed E-state index contributed by atoms with van der Waals surface area (Å²) in [6.45, 7) is 0. The summed E-state index contributed by atoms with van der Waals surface area (Å²) < 4.78 is 14.8. The molecule has 0 N–H and O–H groups in total. The average molecular weight is 892 g/mol. The maximum Gasteiger partial charge on any atom is 0.362 e. The van der Waals surface area contributed by atoms with Gasteiger partial charge in [-0.3, -0.25) is 9.59 Å². The number of benzene rings is 4. The van der Waals surface area contributed by atoms with E-state index >= 15 is 0 Å². The standard InChI is InChI=1S/C40H23Cl2I2O4/c41-33-7-3-1-5-29(33)37-21-23(19-35(47-37)25-9-13-27(43)14-10-25)17-31-39(45)32(40(31)46)18-24-20-36(26-11-15-28(44)16-12-26)48-38(22-24)30-6-2-4-8-34(30)42/h1-23H/q+1. The van der Waals surface area contributed by atoms with E-state index in [4.69, 9.17) is 32.4 Å². The van der Waals surface area contributed by atoms with Crippen molar-refractivity contribution in [1.29, 1.82) is 0 Å². The van der Waals surface area contributed by atoms with Crippen LogP contribution >= 0.6 is 68.4 Å². The Bertz CT molecular complexity index is 2430. The van der Waals surface area contributed by atoms with Gasteiger partial charge in [-0.25, -0.2) is 4.42 Å². The highest BCUT2D eigenvalue weighted by molar-refractivity contribution is 14.1. The molecule has 4 nitrogen and oxygen atoms in total. The van der Waals surface area contributed by atoms with E-state index in [0.717, 1.165) is 23.8 Å². The van der Waals surface area contributed by atoms with Crippen molar-refractivity contribution in [2.45, 2.75) is 0 Å². The van der Waals surface area contributed by atoms with E-state index in [-0.39, 0.29) is 21.3 Å². The summed E-state index contributed by atoms with van der Waals surface area (Å²) in [6.07, 6.45) is 7.09. The Kier molecular flexibility index (Phi) is 9.51. The fourth-order valence-corrected chi connectivity index (χ4v) is 6.66. The fourth-order valence-electron chi connectivity index (χ4n) is 5.49. The summed E-state index contributed by atoms with van der Waals surface area (Å²) in [5.41, 5.74) is 3.16. The van der Waals surface area contributed by atoms with Crippen LogP contribution in [0.4, 0.5) is 0 Å². The van der Waals surface area contributed by atoms with Gasteiger partial charge in [-0.15, -0.1) is 0 Å². The van der Waals surface area contributed by atoms with E-state index in [9.17, 15) is 9.59 Å². The number of halogens is 4. The molecule has 0 amide bonds. The van der Waals surface area contributed by atoms with Crippen molar-refractivity contribution >= 4 is 92.1 Å². The van der Waals surface area contributed by atoms with E-state index in [1.807, 2.05) is 103 Å². The first kappa shape index (κ1) is 32.7. The number of ether oxygens (including phenoxy) is 1. The molecule has 0 saturated carbocycles. The SMILES string of the molecule is O=c1c(=Cc2cc(-c3ccc(I)cc3)[o+]c(-c3ccccc3Cl)c2)c(=O)c1=CC1C=C(c2ccc(I)cc2)OC(c2ccccc2Cl)=C1. The molecule has 1 unspecified atom stereocenters. The molecule has 0 spiro atoms. The Morgan fingerprint density at radius 2 is 1.17 bits per heavy atom. The zero-order chi connectivity index (χ0) is 33.4. The van der Waals surface area contributed by atoms with E-state index < -0.39 is 5.92 Å². The Morgan fingerprint density at radius 1 is 0.625 bits per heavy atom. The molecule has 1 aliphatic rings. The average Bonchev–Trinajstić information content (AvgIpc) is 3.10. The zero-order valence-corrected chi connectivity index (χ0v) is 30.8. The van der Waals surface area contributed by atoms with Crippen LogP contribution in [-0.2, 0) is 4.74 Å². The summed E-state index contributed by atoms with van der Waals surface area (Å²) >= 11 is 17.6. The molecule has 8 heteroatoms. The minimum Gasteiger partial charge on any atom is -0.457 e. The molecule has 0 fully saturated rings. The lowest BCUT2D eigenvalue weighted by Gasteiger charge is -2.21. The summed E-state index contributed by atoms with van der Waals surface area (Å²) in [6, 6.07) is 34.3. The normalized spacial score (nSPS) is 14.2. The minimum atomic E-state index is -0.390. The summed E-state index contributed by atoms with van der Waals surface area (Å²) in [5, 5.41) is 1.30. The molecule has 1 aromatic heterocycles. The first-order valence-corrected chi connectivity index (χ1v) is 17.8. The van der Waals surface area contributed by atoms with Gasteiger partial charge in [0.2, 0.25) is 10.9 Å². The lowest BCUT2D eigenvalue weighted by molar-refractivity contribution is 0.458. The lowest BCUT2D eigenvalue weighted by Crippen LogP contribution is -2.64. The highest BCUT2D eigenvalue weighted by atomic mass is 127. The second-order valence-electron chi connectivity index (χ2n) is 11.1. The van der Waals surface area contributed by atoms with Gasteiger partial charge in [0.15, 0.2) is 0 Å². The third-order valence-corrected chi connectivity index (χ3v) is 10.0. The highest BCUT2D eigenvalue weighted by Crippen LogP contribution is 2.36. The van der Waals surface area contributed by atoms with Crippen LogP contribution in [0.2, 0.25) is 10.0 Å². The van der Waals surface area contributed by atoms with Gasteiger partial charge in [0.25, 0.3) is 0 Å². The number of rotatable bonds is 6. The lowest BCUT2D eigenvalue weighted by atomic mass is 9.97. The van der Waals surface area contributed by atoms with Gasteiger partial charge in [0.05, 0.1) is 43.7 Å². The van der Waals surface area contributed by atoms with E-state index in [1.165, 1.54) is 0 Å². The van der Waals surface area contributed by atoms with Crippen LogP contribution in [-0.4, -0.2) is 0 Å². The largest absolute Gasteiger partial charge is 0.457 e. The Balaban J connectivity index is 1.32. The first-order chi connectivity index (χ1) is 23.2. The predicted octanol–water partition coefficient (Wildman–Crippen LogP) is 9.34. The third kappa shape index (κ3) is 6.85.